The molecule has 2 rings (SSSR count). The van der Waals surface area contributed by atoms with E-state index in [1.54, 1.807) is 18.5 Å². The van der Waals surface area contributed by atoms with Crippen LogP contribution in [0.15, 0.2) is 18.5 Å². The summed E-state index contributed by atoms with van der Waals surface area (Å²) < 4.78 is 0. The molecule has 1 saturated heterocycles. The summed E-state index contributed by atoms with van der Waals surface area (Å²) in [6.07, 6.45) is 4.09. The quantitative estimate of drug-likeness (QED) is 0.712. The molecule has 1 fully saturated rings. The number of piperidine rings is 1. The number of aliphatic hydroxyl groups excluding tert-OH is 1. The lowest BCUT2D eigenvalue weighted by Crippen LogP contribution is -2.43. The molecule has 2 unspecified atom stereocenters. The van der Waals surface area contributed by atoms with Gasteiger partial charge in [0, 0.05) is 25.5 Å². The van der Waals surface area contributed by atoms with Crippen LogP contribution in [0, 0.1) is 5.92 Å². The third-order valence-electron chi connectivity index (χ3n) is 2.47. The Morgan fingerprint density at radius 3 is 2.71 bits per heavy atom. The van der Waals surface area contributed by atoms with E-state index in [1.807, 2.05) is 4.90 Å². The number of rotatable bonds is 1. The van der Waals surface area contributed by atoms with Crippen molar-refractivity contribution in [3.63, 3.8) is 0 Å². The lowest BCUT2D eigenvalue weighted by molar-refractivity contribution is 0.132. The molecular formula is C10H15N3O. The maximum atomic E-state index is 9.61. The Morgan fingerprint density at radius 1 is 1.36 bits per heavy atom. The van der Waals surface area contributed by atoms with E-state index in [-0.39, 0.29) is 6.10 Å². The zero-order valence-corrected chi connectivity index (χ0v) is 8.30. The number of β-amino-alcohol motifs (C(OH)–C–C–N with tert-alkyl or cyclic N) is 1. The molecule has 1 aromatic heterocycles. The standard InChI is InChI=1S/C10H15N3O/c1-8-5-9(14)7-13(6-8)10-11-3-2-4-12-10/h2-4,8-9,14H,5-7H2,1H3. The van der Waals surface area contributed by atoms with Crippen LogP contribution >= 0.6 is 0 Å². The Hall–Kier alpha value is -1.16. The van der Waals surface area contributed by atoms with E-state index in [0.29, 0.717) is 12.5 Å². The normalized spacial score (nSPS) is 27.7. The van der Waals surface area contributed by atoms with E-state index in [4.69, 9.17) is 0 Å². The summed E-state index contributed by atoms with van der Waals surface area (Å²) in [6.45, 7) is 3.72. The number of hydrogen-bond acceptors (Lipinski definition) is 4. The average Bonchev–Trinajstić information content (AvgIpc) is 2.18. The van der Waals surface area contributed by atoms with Gasteiger partial charge in [0.15, 0.2) is 0 Å². The predicted octanol–water partition coefficient (Wildman–Crippen LogP) is 0.684. The highest BCUT2D eigenvalue weighted by Crippen LogP contribution is 2.19. The Balaban J connectivity index is 2.11. The molecule has 2 atom stereocenters. The van der Waals surface area contributed by atoms with Crippen LogP contribution in [0.2, 0.25) is 0 Å². The second-order valence-electron chi connectivity index (χ2n) is 3.95. The molecule has 4 heteroatoms. The van der Waals surface area contributed by atoms with Gasteiger partial charge in [-0.3, -0.25) is 0 Å². The first kappa shape index (κ1) is 9.40. The highest BCUT2D eigenvalue weighted by molar-refractivity contribution is 5.29. The molecule has 76 valence electrons. The summed E-state index contributed by atoms with van der Waals surface area (Å²) in [4.78, 5) is 10.4. The fourth-order valence-electron chi connectivity index (χ4n) is 1.94. The molecule has 14 heavy (non-hydrogen) atoms. The first-order valence-corrected chi connectivity index (χ1v) is 4.95. The molecule has 4 nitrogen and oxygen atoms in total. The number of aromatic nitrogens is 2. The molecule has 1 aliphatic rings. The zero-order chi connectivity index (χ0) is 9.97. The van der Waals surface area contributed by atoms with E-state index >= 15 is 0 Å². The summed E-state index contributed by atoms with van der Waals surface area (Å²) in [6, 6.07) is 1.80. The number of aliphatic hydroxyl groups is 1. The molecule has 2 heterocycles. The summed E-state index contributed by atoms with van der Waals surface area (Å²) in [7, 11) is 0. The van der Waals surface area contributed by atoms with Crippen LogP contribution in [-0.4, -0.2) is 34.3 Å². The van der Waals surface area contributed by atoms with E-state index < -0.39 is 0 Å². The second kappa shape index (κ2) is 3.92. The molecule has 0 saturated carbocycles. The van der Waals surface area contributed by atoms with Crippen molar-refractivity contribution in [3.05, 3.63) is 18.5 Å². The maximum Gasteiger partial charge on any atom is 0.225 e. The van der Waals surface area contributed by atoms with Crippen LogP contribution in [-0.2, 0) is 0 Å². The highest BCUT2D eigenvalue weighted by Gasteiger charge is 2.24. The molecule has 1 aromatic rings. The molecular weight excluding hydrogens is 178 g/mol. The van der Waals surface area contributed by atoms with Crippen LogP contribution in [0.1, 0.15) is 13.3 Å². The van der Waals surface area contributed by atoms with Crippen molar-refractivity contribution in [1.82, 2.24) is 9.97 Å². The minimum absolute atomic E-state index is 0.248. The summed E-state index contributed by atoms with van der Waals surface area (Å²) in [5.41, 5.74) is 0. The van der Waals surface area contributed by atoms with Crippen molar-refractivity contribution >= 4 is 5.95 Å². The Labute approximate surface area is 83.6 Å². The second-order valence-corrected chi connectivity index (χ2v) is 3.95. The van der Waals surface area contributed by atoms with E-state index in [9.17, 15) is 5.11 Å². The van der Waals surface area contributed by atoms with Gasteiger partial charge in [0.25, 0.3) is 0 Å². The number of nitrogens with zero attached hydrogens (tertiary/aromatic N) is 3. The molecule has 1 N–H and O–H groups in total. The van der Waals surface area contributed by atoms with Crippen LogP contribution in [0.4, 0.5) is 5.95 Å². The van der Waals surface area contributed by atoms with Crippen LogP contribution in [0.3, 0.4) is 0 Å². The van der Waals surface area contributed by atoms with Gasteiger partial charge in [-0.2, -0.15) is 0 Å². The Kier molecular flexibility index (Phi) is 2.63. The minimum Gasteiger partial charge on any atom is -0.391 e. The van der Waals surface area contributed by atoms with Crippen molar-refractivity contribution in [2.24, 2.45) is 5.92 Å². The van der Waals surface area contributed by atoms with Crippen LogP contribution in [0.25, 0.3) is 0 Å². The van der Waals surface area contributed by atoms with Gasteiger partial charge in [-0.25, -0.2) is 9.97 Å². The molecule has 0 spiro atoms. The average molecular weight is 193 g/mol. The van der Waals surface area contributed by atoms with Crippen molar-refractivity contribution in [3.8, 4) is 0 Å². The Bertz CT molecular complexity index is 281. The maximum absolute atomic E-state index is 9.61. The van der Waals surface area contributed by atoms with Crippen molar-refractivity contribution in [1.29, 1.82) is 0 Å². The first-order valence-electron chi connectivity index (χ1n) is 4.95. The zero-order valence-electron chi connectivity index (χ0n) is 8.30. The van der Waals surface area contributed by atoms with E-state index in [1.165, 1.54) is 0 Å². The van der Waals surface area contributed by atoms with Crippen molar-refractivity contribution in [2.75, 3.05) is 18.0 Å². The fourth-order valence-corrected chi connectivity index (χ4v) is 1.94. The smallest absolute Gasteiger partial charge is 0.225 e. The van der Waals surface area contributed by atoms with Gasteiger partial charge in [-0.1, -0.05) is 6.92 Å². The van der Waals surface area contributed by atoms with Gasteiger partial charge < -0.3 is 10.0 Å². The molecule has 1 aliphatic heterocycles. The minimum atomic E-state index is -0.248. The molecule has 0 aliphatic carbocycles. The van der Waals surface area contributed by atoms with Crippen molar-refractivity contribution in [2.45, 2.75) is 19.4 Å². The van der Waals surface area contributed by atoms with Crippen LogP contribution < -0.4 is 4.90 Å². The number of hydrogen-bond donors (Lipinski definition) is 1. The molecule has 0 amide bonds. The fraction of sp³-hybridized carbons (Fsp3) is 0.600. The van der Waals surface area contributed by atoms with E-state index in [2.05, 4.69) is 16.9 Å². The SMILES string of the molecule is CC1CC(O)CN(c2ncccn2)C1. The van der Waals surface area contributed by atoms with Crippen LogP contribution in [0.5, 0.6) is 0 Å². The highest BCUT2D eigenvalue weighted by atomic mass is 16.3. The van der Waals surface area contributed by atoms with Gasteiger partial charge in [-0.05, 0) is 18.4 Å². The summed E-state index contributed by atoms with van der Waals surface area (Å²) in [5, 5.41) is 9.61. The largest absolute Gasteiger partial charge is 0.391 e. The topological polar surface area (TPSA) is 49.2 Å². The monoisotopic (exact) mass is 193 g/mol. The van der Waals surface area contributed by atoms with Gasteiger partial charge >= 0.3 is 0 Å². The lowest BCUT2D eigenvalue weighted by atomic mass is 9.98. The molecule has 0 radical (unpaired) electrons. The predicted molar refractivity (Wildman–Crippen MR) is 54.0 cm³/mol. The van der Waals surface area contributed by atoms with Gasteiger partial charge in [0.1, 0.15) is 0 Å². The molecule has 0 aromatic carbocycles. The van der Waals surface area contributed by atoms with Gasteiger partial charge in [0.05, 0.1) is 6.10 Å². The third-order valence-corrected chi connectivity index (χ3v) is 2.47. The third kappa shape index (κ3) is 2.01. The van der Waals surface area contributed by atoms with Crippen molar-refractivity contribution < 1.29 is 5.11 Å². The lowest BCUT2D eigenvalue weighted by Gasteiger charge is -2.33. The summed E-state index contributed by atoms with van der Waals surface area (Å²) in [5.74, 6) is 1.22. The van der Waals surface area contributed by atoms with Gasteiger partial charge in [0.2, 0.25) is 5.95 Å². The molecule has 0 bridgehead atoms. The first-order chi connectivity index (χ1) is 6.75. The van der Waals surface area contributed by atoms with E-state index in [0.717, 1.165) is 18.9 Å². The Morgan fingerprint density at radius 2 is 2.07 bits per heavy atom. The van der Waals surface area contributed by atoms with Gasteiger partial charge in [-0.15, -0.1) is 0 Å². The number of anilines is 1. The summed E-state index contributed by atoms with van der Waals surface area (Å²) >= 11 is 0.